The van der Waals surface area contributed by atoms with Crippen LogP contribution in [0, 0.1) is 0 Å². The van der Waals surface area contributed by atoms with E-state index >= 15 is 0 Å². The quantitative estimate of drug-likeness (QED) is 0.157. The number of carbonyl (C=O) groups excluding carboxylic acids is 2. The maximum absolute atomic E-state index is 13.8. The summed E-state index contributed by atoms with van der Waals surface area (Å²) in [5.74, 6) is -0.431. The van der Waals surface area contributed by atoms with E-state index in [1.165, 1.54) is 4.90 Å². The van der Waals surface area contributed by atoms with Gasteiger partial charge in [0.15, 0.2) is 0 Å². The smallest absolute Gasteiger partial charge is 0.262 e. The highest BCUT2D eigenvalue weighted by molar-refractivity contribution is 6.49. The Labute approximate surface area is 236 Å². The molecule has 0 bridgehead atoms. The Bertz CT molecular complexity index is 1430. The van der Waals surface area contributed by atoms with Crippen LogP contribution in [0.4, 0.5) is 0 Å². The first-order valence-corrected chi connectivity index (χ1v) is 14.4. The van der Waals surface area contributed by atoms with E-state index in [4.69, 9.17) is 5.73 Å². The van der Waals surface area contributed by atoms with Crippen LogP contribution in [0.5, 0.6) is 0 Å². The number of amides is 2. The second-order valence-electron chi connectivity index (χ2n) is 10.3. The summed E-state index contributed by atoms with van der Waals surface area (Å²) in [5.41, 5.74) is 8.05. The minimum atomic E-state index is -0.216. The molecule has 0 spiro atoms. The lowest BCUT2D eigenvalue weighted by molar-refractivity contribution is -0.136. The summed E-state index contributed by atoms with van der Waals surface area (Å²) >= 11 is 0. The summed E-state index contributed by atoms with van der Waals surface area (Å²) in [5, 5.41) is 11.1. The molecule has 5 rings (SSSR count). The van der Waals surface area contributed by atoms with Crippen LogP contribution >= 0.6 is 0 Å². The zero-order valence-corrected chi connectivity index (χ0v) is 23.0. The van der Waals surface area contributed by atoms with Crippen molar-refractivity contribution in [2.75, 3.05) is 39.3 Å². The maximum Gasteiger partial charge on any atom is 0.262 e. The van der Waals surface area contributed by atoms with Crippen molar-refractivity contribution in [1.29, 1.82) is 0 Å². The molecule has 6 nitrogen and oxygen atoms in total. The van der Waals surface area contributed by atoms with Gasteiger partial charge in [-0.25, -0.2) is 0 Å². The third-order valence-electron chi connectivity index (χ3n) is 7.49. The Morgan fingerprint density at radius 1 is 0.550 bits per heavy atom. The predicted molar refractivity (Wildman–Crippen MR) is 165 cm³/mol. The van der Waals surface area contributed by atoms with Crippen LogP contribution in [0.2, 0.25) is 0 Å². The number of carbonyl (C=O) groups is 2. The van der Waals surface area contributed by atoms with Crippen LogP contribution in [0.3, 0.4) is 0 Å². The first kappa shape index (κ1) is 27.7. The average molecular weight is 535 g/mol. The van der Waals surface area contributed by atoms with Gasteiger partial charge in [-0.15, -0.1) is 0 Å². The maximum atomic E-state index is 13.8. The third-order valence-corrected chi connectivity index (χ3v) is 7.49. The van der Waals surface area contributed by atoms with Crippen molar-refractivity contribution in [3.63, 3.8) is 0 Å². The van der Waals surface area contributed by atoms with Crippen LogP contribution < -0.4 is 16.4 Å². The standard InChI is InChI=1S/C34H38N4O2/c35-17-7-20-36-18-5-6-19-37-21-8-22-38-33(39)31(29-15-13-25-9-1-3-11-27(25)23-29)32(34(38)40)30-16-14-26-10-2-4-12-28(26)24-30/h1-4,9-16,23-24,36-37H,5-8,17-22,35H2. The van der Waals surface area contributed by atoms with Gasteiger partial charge in [0.05, 0.1) is 11.1 Å². The summed E-state index contributed by atoms with van der Waals surface area (Å²) in [7, 11) is 0. The molecule has 6 heteroatoms. The van der Waals surface area contributed by atoms with E-state index < -0.39 is 0 Å². The minimum absolute atomic E-state index is 0.216. The van der Waals surface area contributed by atoms with Crippen molar-refractivity contribution < 1.29 is 9.59 Å². The third kappa shape index (κ3) is 6.31. The van der Waals surface area contributed by atoms with Gasteiger partial charge in [0.1, 0.15) is 0 Å². The van der Waals surface area contributed by atoms with Gasteiger partial charge in [-0.2, -0.15) is 0 Å². The lowest BCUT2D eigenvalue weighted by Gasteiger charge is -2.15. The van der Waals surface area contributed by atoms with Crippen molar-refractivity contribution in [2.45, 2.75) is 25.7 Å². The highest BCUT2D eigenvalue weighted by atomic mass is 16.2. The fourth-order valence-electron chi connectivity index (χ4n) is 5.34. The Balaban J connectivity index is 1.30. The van der Waals surface area contributed by atoms with E-state index in [0.717, 1.165) is 84.7 Å². The number of nitrogens with one attached hydrogen (secondary N) is 2. The fraction of sp³-hybridized carbons (Fsp3) is 0.294. The fourth-order valence-corrected chi connectivity index (χ4v) is 5.34. The van der Waals surface area contributed by atoms with Crippen LogP contribution in [0.15, 0.2) is 84.9 Å². The number of hydrogen-bond acceptors (Lipinski definition) is 5. The molecule has 40 heavy (non-hydrogen) atoms. The molecule has 1 aliphatic rings. The number of imide groups is 1. The topological polar surface area (TPSA) is 87.5 Å². The van der Waals surface area contributed by atoms with E-state index in [1.54, 1.807) is 0 Å². The molecule has 4 N–H and O–H groups in total. The highest BCUT2D eigenvalue weighted by Crippen LogP contribution is 2.37. The number of fused-ring (bicyclic) bond motifs is 2. The molecule has 1 heterocycles. The monoisotopic (exact) mass is 534 g/mol. The molecule has 0 radical (unpaired) electrons. The van der Waals surface area contributed by atoms with E-state index in [9.17, 15) is 9.59 Å². The Hall–Kier alpha value is -3.84. The van der Waals surface area contributed by atoms with Gasteiger partial charge in [-0.1, -0.05) is 72.8 Å². The highest BCUT2D eigenvalue weighted by Gasteiger charge is 2.39. The van der Waals surface area contributed by atoms with Crippen LogP contribution in [-0.2, 0) is 9.59 Å². The Kier molecular flexibility index (Phi) is 9.34. The van der Waals surface area contributed by atoms with Crippen molar-refractivity contribution in [3.05, 3.63) is 96.1 Å². The molecular formula is C34H38N4O2. The van der Waals surface area contributed by atoms with Gasteiger partial charge in [-0.05, 0) is 103 Å². The van der Waals surface area contributed by atoms with Gasteiger partial charge in [0.2, 0.25) is 0 Å². The molecule has 0 saturated heterocycles. The SMILES string of the molecule is NCCCNCCCCNCCCN1C(=O)C(c2ccc3ccccc3c2)=C(c2ccc3ccccc3c2)C1=O. The van der Waals surface area contributed by atoms with Crippen LogP contribution in [-0.4, -0.2) is 56.0 Å². The van der Waals surface area contributed by atoms with E-state index in [-0.39, 0.29) is 11.8 Å². The number of benzene rings is 4. The Morgan fingerprint density at radius 2 is 1.00 bits per heavy atom. The number of rotatable bonds is 14. The summed E-state index contributed by atoms with van der Waals surface area (Å²) in [6, 6.07) is 28.2. The zero-order chi connectivity index (χ0) is 27.7. The van der Waals surface area contributed by atoms with Gasteiger partial charge in [0, 0.05) is 6.54 Å². The predicted octanol–water partition coefficient (Wildman–Crippen LogP) is 4.97. The second kappa shape index (κ2) is 13.5. The largest absolute Gasteiger partial charge is 0.330 e. The number of nitrogens with two attached hydrogens (primary N) is 1. The number of hydrogen-bond donors (Lipinski definition) is 3. The summed E-state index contributed by atoms with van der Waals surface area (Å²) in [4.78, 5) is 29.1. The van der Waals surface area contributed by atoms with Gasteiger partial charge in [0.25, 0.3) is 11.8 Å². The summed E-state index contributed by atoms with van der Waals surface area (Å²) in [6.45, 7) is 4.76. The molecule has 0 fully saturated rings. The average Bonchev–Trinajstić information content (AvgIpc) is 3.24. The van der Waals surface area contributed by atoms with Crippen molar-refractivity contribution >= 4 is 44.5 Å². The molecule has 2 amide bonds. The van der Waals surface area contributed by atoms with Crippen molar-refractivity contribution in [1.82, 2.24) is 15.5 Å². The first-order valence-electron chi connectivity index (χ1n) is 14.4. The molecular weight excluding hydrogens is 496 g/mol. The van der Waals surface area contributed by atoms with Crippen LogP contribution in [0.25, 0.3) is 32.7 Å². The molecule has 1 aliphatic heterocycles. The molecule has 0 unspecified atom stereocenters. The molecule has 4 aromatic rings. The molecule has 0 atom stereocenters. The summed E-state index contributed by atoms with van der Waals surface area (Å²) < 4.78 is 0. The Morgan fingerprint density at radius 3 is 1.50 bits per heavy atom. The molecule has 0 aromatic heterocycles. The van der Waals surface area contributed by atoms with E-state index in [1.807, 2.05) is 72.8 Å². The first-order chi connectivity index (χ1) is 19.7. The van der Waals surface area contributed by atoms with Gasteiger partial charge in [-0.3, -0.25) is 14.5 Å². The lowest BCUT2D eigenvalue weighted by Crippen LogP contribution is -2.34. The molecule has 206 valence electrons. The van der Waals surface area contributed by atoms with Gasteiger partial charge >= 0.3 is 0 Å². The number of nitrogens with zero attached hydrogens (tertiary/aromatic N) is 1. The van der Waals surface area contributed by atoms with Gasteiger partial charge < -0.3 is 16.4 Å². The molecule has 0 aliphatic carbocycles. The van der Waals surface area contributed by atoms with Crippen molar-refractivity contribution in [2.24, 2.45) is 5.73 Å². The van der Waals surface area contributed by atoms with Crippen LogP contribution in [0.1, 0.15) is 36.8 Å². The zero-order valence-electron chi connectivity index (χ0n) is 23.0. The number of unbranched alkanes of at least 4 members (excludes halogenated alkanes) is 1. The second-order valence-corrected chi connectivity index (χ2v) is 10.3. The minimum Gasteiger partial charge on any atom is -0.330 e. The van der Waals surface area contributed by atoms with E-state index in [2.05, 4.69) is 22.8 Å². The normalized spacial score (nSPS) is 13.8. The lowest BCUT2D eigenvalue weighted by atomic mass is 9.93. The van der Waals surface area contributed by atoms with E-state index in [0.29, 0.717) is 24.1 Å². The summed E-state index contributed by atoms with van der Waals surface area (Å²) in [6.07, 6.45) is 3.90. The molecule has 4 aromatic carbocycles. The molecule has 0 saturated carbocycles. The van der Waals surface area contributed by atoms with Crippen molar-refractivity contribution in [3.8, 4) is 0 Å².